The van der Waals surface area contributed by atoms with E-state index in [1.54, 1.807) is 0 Å². The zero-order valence-corrected chi connectivity index (χ0v) is 20.5. The molecule has 6 rings (SSSR count). The SMILES string of the molecule is BC1=C2C(=C3C1(C1c4ccccc4-c4ccccc41)NC(=O)[Si]3(C)C)NC(=O)[Si]2(C)C. The van der Waals surface area contributed by atoms with Gasteiger partial charge in [0.15, 0.2) is 21.7 Å². The van der Waals surface area contributed by atoms with Crippen molar-refractivity contribution in [1.82, 2.24) is 10.6 Å². The first-order valence-corrected chi connectivity index (χ1v) is 16.9. The van der Waals surface area contributed by atoms with Crippen molar-refractivity contribution in [2.24, 2.45) is 0 Å². The van der Waals surface area contributed by atoms with Gasteiger partial charge < -0.3 is 10.6 Å². The Bertz CT molecular complexity index is 1260. The van der Waals surface area contributed by atoms with Gasteiger partial charge in [0.2, 0.25) is 5.53 Å². The Morgan fingerprint density at radius 1 is 0.839 bits per heavy atom. The largest absolute Gasteiger partial charge is 0.348 e. The molecule has 4 aliphatic rings. The number of allylic oxidation sites excluding steroid dienone is 1. The van der Waals surface area contributed by atoms with E-state index < -0.39 is 21.7 Å². The first kappa shape index (κ1) is 19.1. The summed E-state index contributed by atoms with van der Waals surface area (Å²) in [5, 5.41) is 9.22. The molecule has 2 aromatic rings. The third kappa shape index (κ3) is 1.98. The highest BCUT2D eigenvalue weighted by Crippen LogP contribution is 2.61. The van der Waals surface area contributed by atoms with Gasteiger partial charge in [0, 0.05) is 11.6 Å². The molecular formula is C24H25BN2O2Si2. The lowest BCUT2D eigenvalue weighted by Gasteiger charge is -2.39. The Balaban J connectivity index is 1.73. The van der Waals surface area contributed by atoms with Crippen molar-refractivity contribution in [3.05, 3.63) is 81.2 Å². The smallest absolute Gasteiger partial charge is 0.201 e. The second kappa shape index (κ2) is 5.58. The number of carbonyl (C=O) groups excluding carboxylic acids is 2. The molecule has 0 bridgehead atoms. The number of rotatable bonds is 1. The van der Waals surface area contributed by atoms with Gasteiger partial charge >= 0.3 is 0 Å². The lowest BCUT2D eigenvalue weighted by molar-refractivity contribution is 0.254. The first-order chi connectivity index (χ1) is 14.6. The highest BCUT2D eigenvalue weighted by molar-refractivity contribution is 7.14. The van der Waals surface area contributed by atoms with E-state index in [2.05, 4.69) is 93.2 Å². The molecule has 0 saturated carbocycles. The van der Waals surface area contributed by atoms with Crippen LogP contribution in [0.3, 0.4) is 0 Å². The Labute approximate surface area is 185 Å². The lowest BCUT2D eigenvalue weighted by atomic mass is 9.68. The molecule has 2 aliphatic heterocycles. The van der Waals surface area contributed by atoms with E-state index in [-0.39, 0.29) is 17.0 Å². The van der Waals surface area contributed by atoms with Crippen LogP contribution < -0.4 is 10.6 Å². The van der Waals surface area contributed by atoms with Crippen LogP contribution in [0.1, 0.15) is 17.0 Å². The summed E-state index contributed by atoms with van der Waals surface area (Å²) >= 11 is 0. The summed E-state index contributed by atoms with van der Waals surface area (Å²) in [5.74, 6) is 0.0143. The predicted molar refractivity (Wildman–Crippen MR) is 131 cm³/mol. The minimum Gasteiger partial charge on any atom is -0.348 e. The maximum Gasteiger partial charge on any atom is 0.201 e. The highest BCUT2D eigenvalue weighted by atomic mass is 28.3. The molecule has 2 heterocycles. The normalized spacial score (nSPS) is 27.1. The van der Waals surface area contributed by atoms with Gasteiger partial charge in [0.1, 0.15) is 7.85 Å². The summed E-state index contributed by atoms with van der Waals surface area (Å²) in [6.07, 6.45) is 0. The first-order valence-electron chi connectivity index (χ1n) is 10.9. The average Bonchev–Trinajstić information content (AvgIpc) is 3.33. The van der Waals surface area contributed by atoms with Gasteiger partial charge in [-0.05, 0) is 32.6 Å². The second-order valence-corrected chi connectivity index (χ2v) is 18.7. The van der Waals surface area contributed by atoms with Gasteiger partial charge in [-0.25, -0.2) is 0 Å². The van der Waals surface area contributed by atoms with Gasteiger partial charge in [-0.15, -0.1) is 0 Å². The van der Waals surface area contributed by atoms with Crippen molar-refractivity contribution in [1.29, 1.82) is 0 Å². The van der Waals surface area contributed by atoms with Crippen molar-refractivity contribution in [2.45, 2.75) is 37.6 Å². The van der Waals surface area contributed by atoms with E-state index in [1.807, 2.05) is 0 Å². The van der Waals surface area contributed by atoms with Crippen molar-refractivity contribution in [3.8, 4) is 11.1 Å². The highest BCUT2D eigenvalue weighted by Gasteiger charge is 2.67. The zero-order valence-electron chi connectivity index (χ0n) is 18.5. The van der Waals surface area contributed by atoms with Crippen LogP contribution in [-0.4, -0.2) is 40.6 Å². The summed E-state index contributed by atoms with van der Waals surface area (Å²) in [5.41, 5.74) is 6.92. The van der Waals surface area contributed by atoms with Gasteiger partial charge in [-0.2, -0.15) is 0 Å². The van der Waals surface area contributed by atoms with E-state index in [4.69, 9.17) is 0 Å². The number of carbonyl (C=O) groups is 2. The van der Waals surface area contributed by atoms with E-state index in [9.17, 15) is 9.59 Å². The molecule has 2 fully saturated rings. The molecule has 2 aromatic carbocycles. The fraction of sp³-hybridized carbons (Fsp3) is 0.250. The van der Waals surface area contributed by atoms with Crippen LogP contribution in [0.5, 0.6) is 0 Å². The standard InChI is InChI=1S/C24H25BN2O2Si2/c1-30(2)19-18(26-22(30)28)21-24(20(19)25,27-23(29)31(21,3)4)17-15-11-7-5-9-13(15)14-10-6-8-12-16(14)17/h5-12,17H,25H2,1-4H3,(H,26,28)(H,27,29). The molecule has 0 aromatic heterocycles. The van der Waals surface area contributed by atoms with E-state index in [0.717, 1.165) is 5.70 Å². The Kier molecular flexibility index (Phi) is 3.43. The predicted octanol–water partition coefficient (Wildman–Crippen LogP) is 3.80. The molecule has 7 heteroatoms. The van der Waals surface area contributed by atoms with E-state index in [0.29, 0.717) is 0 Å². The Morgan fingerprint density at radius 3 is 1.97 bits per heavy atom. The molecular weight excluding hydrogens is 415 g/mol. The van der Waals surface area contributed by atoms with Crippen LogP contribution >= 0.6 is 0 Å². The molecule has 4 nitrogen and oxygen atoms in total. The summed E-state index contributed by atoms with van der Waals surface area (Å²) in [6.45, 7) is 8.54. The zero-order chi connectivity index (χ0) is 21.9. The summed E-state index contributed by atoms with van der Waals surface area (Å²) in [4.78, 5) is 26.4. The second-order valence-electron chi connectivity index (χ2n) is 10.3. The average molecular weight is 440 g/mol. The van der Waals surface area contributed by atoms with Gasteiger partial charge in [0.05, 0.1) is 5.54 Å². The van der Waals surface area contributed by atoms with E-state index >= 15 is 0 Å². The van der Waals surface area contributed by atoms with Gasteiger partial charge in [-0.1, -0.05) is 80.2 Å². The molecule has 31 heavy (non-hydrogen) atoms. The number of fused-ring (bicyclic) bond motifs is 5. The molecule has 2 N–H and O–H groups in total. The Hall–Kier alpha value is -2.64. The van der Waals surface area contributed by atoms with Crippen molar-refractivity contribution in [3.63, 3.8) is 0 Å². The molecule has 2 aliphatic carbocycles. The quantitative estimate of drug-likeness (QED) is 0.663. The van der Waals surface area contributed by atoms with Gasteiger partial charge in [0.25, 0.3) is 0 Å². The van der Waals surface area contributed by atoms with Crippen molar-refractivity contribution in [2.75, 3.05) is 0 Å². The minimum absolute atomic E-state index is 0.0143. The van der Waals surface area contributed by atoms with Crippen LogP contribution in [0, 0.1) is 0 Å². The monoisotopic (exact) mass is 440 g/mol. The number of hydrogen-bond acceptors (Lipinski definition) is 2. The van der Waals surface area contributed by atoms with Crippen molar-refractivity contribution < 1.29 is 9.59 Å². The summed E-state index contributed by atoms with van der Waals surface area (Å²) in [7, 11) is -2.64. The minimum atomic E-state index is -2.48. The maximum absolute atomic E-state index is 13.5. The molecule has 1 atom stereocenters. The third-order valence-electron chi connectivity index (χ3n) is 8.06. The fourth-order valence-electron chi connectivity index (χ4n) is 6.65. The van der Waals surface area contributed by atoms with Crippen LogP contribution in [0.25, 0.3) is 11.1 Å². The topological polar surface area (TPSA) is 58.2 Å². The van der Waals surface area contributed by atoms with Crippen LogP contribution in [0.15, 0.2) is 70.1 Å². The van der Waals surface area contributed by atoms with E-state index in [1.165, 1.54) is 38.1 Å². The molecule has 2 amide bonds. The third-order valence-corrected chi connectivity index (χ3v) is 14.4. The number of nitrogens with one attached hydrogen (secondary N) is 2. The summed E-state index contributed by atoms with van der Waals surface area (Å²) < 4.78 is 0. The van der Waals surface area contributed by atoms with Crippen LogP contribution in [0.4, 0.5) is 9.59 Å². The van der Waals surface area contributed by atoms with Crippen LogP contribution in [0.2, 0.25) is 26.2 Å². The van der Waals surface area contributed by atoms with Crippen molar-refractivity contribution >= 4 is 35.1 Å². The lowest BCUT2D eigenvalue weighted by Crippen LogP contribution is -2.50. The molecule has 1 unspecified atom stereocenters. The fourth-order valence-corrected chi connectivity index (χ4v) is 12.3. The molecule has 2 saturated heterocycles. The Morgan fingerprint density at radius 2 is 1.39 bits per heavy atom. The molecule has 0 radical (unpaired) electrons. The maximum atomic E-state index is 13.5. The van der Waals surface area contributed by atoms with Gasteiger partial charge in [-0.3, -0.25) is 9.59 Å². The molecule has 0 spiro atoms. The number of benzene rings is 2. The number of amides is 2. The molecule has 154 valence electrons. The van der Waals surface area contributed by atoms with Crippen LogP contribution in [-0.2, 0) is 0 Å². The summed E-state index contributed by atoms with van der Waals surface area (Å²) in [6, 6.07) is 17.2. The number of hydrogen-bond donors (Lipinski definition) is 2.